The lowest BCUT2D eigenvalue weighted by Gasteiger charge is -2.19. The Bertz CT molecular complexity index is 284. The third kappa shape index (κ3) is 1.69. The molecule has 1 aliphatic carbocycles. The van der Waals surface area contributed by atoms with Gasteiger partial charge in [-0.3, -0.25) is 4.68 Å². The van der Waals surface area contributed by atoms with Gasteiger partial charge < -0.3 is 5.73 Å². The Kier molecular flexibility index (Phi) is 2.25. The Hall–Kier alpha value is -0.990. The van der Waals surface area contributed by atoms with Gasteiger partial charge in [0, 0.05) is 19.2 Å². The van der Waals surface area contributed by atoms with Crippen LogP contribution < -0.4 is 5.73 Å². The molecule has 1 aliphatic rings. The molecule has 0 bridgehead atoms. The topological polar surface area (TPSA) is 43.8 Å². The molecule has 2 rings (SSSR count). The van der Waals surface area contributed by atoms with Gasteiger partial charge >= 0.3 is 0 Å². The Labute approximate surface area is 78.9 Å². The summed E-state index contributed by atoms with van der Waals surface area (Å²) in [7, 11) is 1.93. The number of aromatic nitrogens is 2. The molecule has 72 valence electrons. The van der Waals surface area contributed by atoms with E-state index in [0.29, 0.717) is 5.92 Å². The van der Waals surface area contributed by atoms with Crippen LogP contribution in [0.1, 0.15) is 43.7 Å². The quantitative estimate of drug-likeness (QED) is 0.717. The second kappa shape index (κ2) is 3.40. The minimum atomic E-state index is 0.620. The van der Waals surface area contributed by atoms with E-state index in [9.17, 15) is 0 Å². The van der Waals surface area contributed by atoms with E-state index in [-0.39, 0.29) is 0 Å². The lowest BCUT2D eigenvalue weighted by Crippen LogP contribution is -2.07. The van der Waals surface area contributed by atoms with E-state index in [4.69, 9.17) is 5.73 Å². The zero-order chi connectivity index (χ0) is 9.26. The maximum Gasteiger partial charge on any atom is 0.0884 e. The molecule has 1 saturated carbocycles. The van der Waals surface area contributed by atoms with Crippen LogP contribution in [-0.2, 0) is 7.05 Å². The van der Waals surface area contributed by atoms with Crippen LogP contribution in [0.3, 0.4) is 0 Å². The molecule has 3 nitrogen and oxygen atoms in total. The van der Waals surface area contributed by atoms with E-state index in [1.54, 1.807) is 0 Å². The zero-order valence-electron chi connectivity index (χ0n) is 8.16. The van der Waals surface area contributed by atoms with E-state index in [1.165, 1.54) is 32.1 Å². The molecule has 13 heavy (non-hydrogen) atoms. The fourth-order valence-corrected chi connectivity index (χ4v) is 2.22. The summed E-state index contributed by atoms with van der Waals surface area (Å²) in [4.78, 5) is 0. The number of anilines is 1. The Morgan fingerprint density at radius 2 is 2.08 bits per heavy atom. The molecule has 1 fully saturated rings. The molecule has 0 aliphatic heterocycles. The normalized spacial score (nSPS) is 19.2. The summed E-state index contributed by atoms with van der Waals surface area (Å²) in [6.07, 6.45) is 8.48. The summed E-state index contributed by atoms with van der Waals surface area (Å²) < 4.78 is 1.82. The number of rotatable bonds is 1. The van der Waals surface area contributed by atoms with Gasteiger partial charge in [-0.05, 0) is 12.8 Å². The minimum absolute atomic E-state index is 0.620. The number of nitrogens with two attached hydrogens (primary N) is 1. The highest BCUT2D eigenvalue weighted by Gasteiger charge is 2.20. The van der Waals surface area contributed by atoms with Crippen molar-refractivity contribution in [1.82, 2.24) is 9.78 Å². The average Bonchev–Trinajstić information content (AvgIpc) is 2.47. The summed E-state index contributed by atoms with van der Waals surface area (Å²) in [6.45, 7) is 0. The maximum absolute atomic E-state index is 5.89. The first-order valence-electron chi connectivity index (χ1n) is 5.06. The van der Waals surface area contributed by atoms with Gasteiger partial charge in [-0.1, -0.05) is 19.3 Å². The highest BCUT2D eigenvalue weighted by Crippen LogP contribution is 2.34. The van der Waals surface area contributed by atoms with Crippen molar-refractivity contribution in [2.75, 3.05) is 5.73 Å². The standard InChI is InChI=1S/C10H17N3/c1-13-7-9(11)10(12-13)8-5-3-2-4-6-8/h7-8H,2-6,11H2,1H3. The first kappa shape index (κ1) is 8.60. The minimum Gasteiger partial charge on any atom is -0.396 e. The molecule has 1 aromatic heterocycles. The van der Waals surface area contributed by atoms with Gasteiger partial charge in [0.05, 0.1) is 11.4 Å². The predicted molar refractivity (Wildman–Crippen MR) is 53.4 cm³/mol. The van der Waals surface area contributed by atoms with Crippen molar-refractivity contribution in [3.8, 4) is 0 Å². The van der Waals surface area contributed by atoms with Crippen LogP contribution in [0.25, 0.3) is 0 Å². The molecule has 3 heteroatoms. The number of nitrogens with zero attached hydrogens (tertiary/aromatic N) is 2. The molecule has 1 heterocycles. The number of nitrogen functional groups attached to an aromatic ring is 1. The first-order valence-corrected chi connectivity index (χ1v) is 5.06. The maximum atomic E-state index is 5.89. The molecule has 2 N–H and O–H groups in total. The third-order valence-electron chi connectivity index (χ3n) is 2.88. The van der Waals surface area contributed by atoms with Gasteiger partial charge in [-0.2, -0.15) is 5.10 Å². The van der Waals surface area contributed by atoms with Crippen molar-refractivity contribution in [1.29, 1.82) is 0 Å². The Morgan fingerprint density at radius 3 is 2.62 bits per heavy atom. The second-order valence-corrected chi connectivity index (χ2v) is 3.98. The van der Waals surface area contributed by atoms with Crippen molar-refractivity contribution in [3.63, 3.8) is 0 Å². The molecular formula is C10H17N3. The first-order chi connectivity index (χ1) is 6.27. The molecule has 0 atom stereocenters. The summed E-state index contributed by atoms with van der Waals surface area (Å²) in [5.41, 5.74) is 7.89. The van der Waals surface area contributed by atoms with Crippen molar-refractivity contribution in [3.05, 3.63) is 11.9 Å². The highest BCUT2D eigenvalue weighted by molar-refractivity contribution is 5.42. The lowest BCUT2D eigenvalue weighted by molar-refractivity contribution is 0.434. The number of aryl methyl sites for hydroxylation is 1. The summed E-state index contributed by atoms with van der Waals surface area (Å²) in [6, 6.07) is 0. The van der Waals surface area contributed by atoms with Crippen molar-refractivity contribution in [2.24, 2.45) is 7.05 Å². The van der Waals surface area contributed by atoms with Crippen LogP contribution in [0.5, 0.6) is 0 Å². The lowest BCUT2D eigenvalue weighted by atomic mass is 9.86. The number of hydrogen-bond acceptors (Lipinski definition) is 2. The van der Waals surface area contributed by atoms with E-state index >= 15 is 0 Å². The largest absolute Gasteiger partial charge is 0.396 e. The fraction of sp³-hybridized carbons (Fsp3) is 0.700. The van der Waals surface area contributed by atoms with Gasteiger partial charge in [0.25, 0.3) is 0 Å². The van der Waals surface area contributed by atoms with Gasteiger partial charge in [0.2, 0.25) is 0 Å². The molecule has 0 amide bonds. The van der Waals surface area contributed by atoms with Crippen LogP contribution in [0, 0.1) is 0 Å². The highest BCUT2D eigenvalue weighted by atomic mass is 15.3. The van der Waals surface area contributed by atoms with Gasteiger partial charge in [0.15, 0.2) is 0 Å². The van der Waals surface area contributed by atoms with Crippen LogP contribution in [-0.4, -0.2) is 9.78 Å². The van der Waals surface area contributed by atoms with Crippen LogP contribution >= 0.6 is 0 Å². The molecule has 0 radical (unpaired) electrons. The Morgan fingerprint density at radius 1 is 1.38 bits per heavy atom. The fourth-order valence-electron chi connectivity index (χ4n) is 2.22. The average molecular weight is 179 g/mol. The van der Waals surface area contributed by atoms with Gasteiger partial charge in [-0.15, -0.1) is 0 Å². The van der Waals surface area contributed by atoms with Crippen LogP contribution in [0.15, 0.2) is 6.20 Å². The van der Waals surface area contributed by atoms with Gasteiger partial charge in [0.1, 0.15) is 0 Å². The summed E-state index contributed by atoms with van der Waals surface area (Å²) in [5.74, 6) is 0.620. The molecule has 1 aromatic rings. The van der Waals surface area contributed by atoms with Gasteiger partial charge in [-0.25, -0.2) is 0 Å². The summed E-state index contributed by atoms with van der Waals surface area (Å²) in [5, 5.41) is 4.43. The summed E-state index contributed by atoms with van der Waals surface area (Å²) >= 11 is 0. The molecule has 0 saturated heterocycles. The number of hydrogen-bond donors (Lipinski definition) is 1. The monoisotopic (exact) mass is 179 g/mol. The molecular weight excluding hydrogens is 162 g/mol. The second-order valence-electron chi connectivity index (χ2n) is 3.98. The van der Waals surface area contributed by atoms with Crippen LogP contribution in [0.2, 0.25) is 0 Å². The van der Waals surface area contributed by atoms with E-state index in [2.05, 4.69) is 5.10 Å². The van der Waals surface area contributed by atoms with E-state index in [0.717, 1.165) is 11.4 Å². The van der Waals surface area contributed by atoms with Crippen molar-refractivity contribution < 1.29 is 0 Å². The zero-order valence-corrected chi connectivity index (χ0v) is 8.16. The SMILES string of the molecule is Cn1cc(N)c(C2CCCCC2)n1. The Balaban J connectivity index is 2.18. The third-order valence-corrected chi connectivity index (χ3v) is 2.88. The molecule has 0 spiro atoms. The molecule has 0 aromatic carbocycles. The molecule has 0 unspecified atom stereocenters. The van der Waals surface area contributed by atoms with Crippen molar-refractivity contribution in [2.45, 2.75) is 38.0 Å². The van der Waals surface area contributed by atoms with E-state index in [1.807, 2.05) is 17.9 Å². The smallest absolute Gasteiger partial charge is 0.0884 e. The van der Waals surface area contributed by atoms with E-state index < -0.39 is 0 Å². The van der Waals surface area contributed by atoms with Crippen molar-refractivity contribution >= 4 is 5.69 Å². The predicted octanol–water partition coefficient (Wildman–Crippen LogP) is 2.05. The van der Waals surface area contributed by atoms with Crippen LogP contribution in [0.4, 0.5) is 5.69 Å².